The third-order valence-electron chi connectivity index (χ3n) is 6.09. The van der Waals surface area contributed by atoms with Gasteiger partial charge in [-0.1, -0.05) is 24.3 Å². The number of benzene rings is 1. The van der Waals surface area contributed by atoms with Crippen LogP contribution in [0.15, 0.2) is 58.5 Å². The average molecular weight is 385 g/mol. The maximum absolute atomic E-state index is 12.2. The molecule has 2 aliphatic carbocycles. The molecule has 2 aliphatic rings. The number of nitrogens with one attached hydrogen (secondary N) is 2. The second-order valence-electron chi connectivity index (χ2n) is 8.06. The molecule has 0 amide bonds. The molecule has 0 unspecified atom stereocenters. The largest absolute Gasteiger partial charge is 0.325 e. The lowest BCUT2D eigenvalue weighted by molar-refractivity contribution is 0.905. The second-order valence-corrected chi connectivity index (χ2v) is 8.06. The molecule has 0 aliphatic heterocycles. The summed E-state index contributed by atoms with van der Waals surface area (Å²) in [6.45, 7) is 0. The highest BCUT2D eigenvalue weighted by Gasteiger charge is 2.41. The van der Waals surface area contributed by atoms with Gasteiger partial charge in [-0.3, -0.25) is 9.78 Å². The number of aromatic amines is 2. The Morgan fingerprint density at radius 1 is 1.03 bits per heavy atom. The lowest BCUT2D eigenvalue weighted by Crippen LogP contribution is -2.23. The molecule has 3 heterocycles. The van der Waals surface area contributed by atoms with E-state index in [0.29, 0.717) is 23.1 Å². The molecular weight excluding hydrogens is 366 g/mol. The van der Waals surface area contributed by atoms with Gasteiger partial charge < -0.3 is 4.98 Å². The van der Waals surface area contributed by atoms with E-state index in [-0.39, 0.29) is 0 Å². The summed E-state index contributed by atoms with van der Waals surface area (Å²) in [5.74, 6) is 1.56. The standard InChI is InChI=1S/C22H19N5O2/c28-21-18(11-24-22(29)25-21)19-10-17(20-23-7-8-27(20)26-19)16-9-15(16)14-5-3-13(4-6-14)12-1-2-12/h3-8,10-12,15-16H,1-2,9H2,(H2,24,25,28,29)/t15-,16+/m1/s1. The Kier molecular flexibility index (Phi) is 3.41. The molecule has 29 heavy (non-hydrogen) atoms. The van der Waals surface area contributed by atoms with E-state index >= 15 is 0 Å². The summed E-state index contributed by atoms with van der Waals surface area (Å²) < 4.78 is 1.71. The van der Waals surface area contributed by atoms with Gasteiger partial charge >= 0.3 is 5.69 Å². The van der Waals surface area contributed by atoms with Crippen LogP contribution in [0, 0.1) is 0 Å². The molecule has 0 radical (unpaired) electrons. The topological polar surface area (TPSA) is 95.9 Å². The normalized spacial score (nSPS) is 20.8. The predicted octanol–water partition coefficient (Wildman–Crippen LogP) is 2.92. The van der Waals surface area contributed by atoms with E-state index < -0.39 is 11.2 Å². The van der Waals surface area contributed by atoms with Crippen LogP contribution in [0.25, 0.3) is 16.9 Å². The summed E-state index contributed by atoms with van der Waals surface area (Å²) in [5.41, 5.74) is 4.59. The Balaban J connectivity index is 1.39. The van der Waals surface area contributed by atoms with Crippen LogP contribution in [0.2, 0.25) is 0 Å². The van der Waals surface area contributed by atoms with Crippen LogP contribution in [0.4, 0.5) is 0 Å². The summed E-state index contributed by atoms with van der Waals surface area (Å²) in [4.78, 5) is 32.9. The summed E-state index contributed by atoms with van der Waals surface area (Å²) in [6.07, 6.45) is 8.59. The molecule has 0 spiro atoms. The fourth-order valence-electron chi connectivity index (χ4n) is 4.28. The fraction of sp³-hybridized carbons (Fsp3) is 0.273. The number of fused-ring (bicyclic) bond motifs is 1. The lowest BCUT2D eigenvalue weighted by atomic mass is 10.0. The molecule has 2 fully saturated rings. The SMILES string of the molecule is O=c1[nH]cc(-c2cc([C@H]3C[C@@H]3c3ccc(C4CC4)cc3)c3nccn3n2)c(=O)[nH]1. The Labute approximate surface area is 165 Å². The third kappa shape index (κ3) is 2.81. The van der Waals surface area contributed by atoms with E-state index in [1.165, 1.54) is 30.2 Å². The van der Waals surface area contributed by atoms with Crippen molar-refractivity contribution < 1.29 is 0 Å². The number of H-pyrrole nitrogens is 2. The molecule has 7 heteroatoms. The smallest absolute Gasteiger partial charge is 0.313 e. The fourth-order valence-corrected chi connectivity index (χ4v) is 4.28. The monoisotopic (exact) mass is 385 g/mol. The molecule has 0 bridgehead atoms. The van der Waals surface area contributed by atoms with Gasteiger partial charge in [-0.25, -0.2) is 14.3 Å². The maximum Gasteiger partial charge on any atom is 0.325 e. The Bertz CT molecular complexity index is 1340. The van der Waals surface area contributed by atoms with Crippen molar-refractivity contribution in [2.24, 2.45) is 0 Å². The van der Waals surface area contributed by atoms with Gasteiger partial charge in [0.2, 0.25) is 0 Å². The van der Waals surface area contributed by atoms with Crippen LogP contribution in [0.3, 0.4) is 0 Å². The zero-order valence-corrected chi connectivity index (χ0v) is 15.6. The summed E-state index contributed by atoms with van der Waals surface area (Å²) in [7, 11) is 0. The number of nitrogens with zero attached hydrogens (tertiary/aromatic N) is 3. The van der Waals surface area contributed by atoms with Gasteiger partial charge in [-0.15, -0.1) is 0 Å². The quantitative estimate of drug-likeness (QED) is 0.565. The highest BCUT2D eigenvalue weighted by atomic mass is 16.2. The second kappa shape index (κ2) is 6.01. The Morgan fingerprint density at radius 3 is 2.59 bits per heavy atom. The summed E-state index contributed by atoms with van der Waals surface area (Å²) in [6, 6.07) is 11.0. The molecule has 2 N–H and O–H groups in total. The van der Waals surface area contributed by atoms with Crippen molar-refractivity contribution >= 4 is 5.65 Å². The average Bonchev–Trinajstić information content (AvgIpc) is 3.64. The first-order valence-electron chi connectivity index (χ1n) is 9.94. The minimum absolute atomic E-state index is 0.340. The van der Waals surface area contributed by atoms with Crippen molar-refractivity contribution in [1.29, 1.82) is 0 Å². The van der Waals surface area contributed by atoms with E-state index in [9.17, 15) is 9.59 Å². The highest BCUT2D eigenvalue weighted by Crippen LogP contribution is 2.56. The number of rotatable bonds is 4. The first-order valence-corrected chi connectivity index (χ1v) is 9.94. The zero-order valence-electron chi connectivity index (χ0n) is 15.6. The molecule has 144 valence electrons. The predicted molar refractivity (Wildman–Crippen MR) is 108 cm³/mol. The van der Waals surface area contributed by atoms with Crippen LogP contribution in [-0.2, 0) is 0 Å². The molecule has 7 nitrogen and oxygen atoms in total. The number of hydrogen-bond donors (Lipinski definition) is 2. The first-order chi connectivity index (χ1) is 14.2. The molecule has 1 aromatic carbocycles. The maximum atomic E-state index is 12.2. The van der Waals surface area contributed by atoms with E-state index in [4.69, 9.17) is 0 Å². The van der Waals surface area contributed by atoms with Crippen molar-refractivity contribution in [3.63, 3.8) is 0 Å². The van der Waals surface area contributed by atoms with E-state index in [1.807, 2.05) is 6.07 Å². The lowest BCUT2D eigenvalue weighted by Gasteiger charge is -2.08. The van der Waals surface area contributed by atoms with Gasteiger partial charge in [0, 0.05) is 24.2 Å². The zero-order chi connectivity index (χ0) is 19.5. The van der Waals surface area contributed by atoms with Gasteiger partial charge in [0.1, 0.15) is 0 Å². The summed E-state index contributed by atoms with van der Waals surface area (Å²) in [5, 5.41) is 4.51. The highest BCUT2D eigenvalue weighted by molar-refractivity contribution is 5.63. The first kappa shape index (κ1) is 16.5. The molecule has 2 saturated carbocycles. The number of hydrogen-bond acceptors (Lipinski definition) is 4. The molecule has 4 aromatic rings. The van der Waals surface area contributed by atoms with Crippen molar-refractivity contribution in [3.05, 3.63) is 86.5 Å². The van der Waals surface area contributed by atoms with Gasteiger partial charge in [0.25, 0.3) is 5.56 Å². The van der Waals surface area contributed by atoms with Crippen molar-refractivity contribution in [2.45, 2.75) is 37.0 Å². The third-order valence-corrected chi connectivity index (χ3v) is 6.09. The number of imidazole rings is 1. The van der Waals surface area contributed by atoms with Crippen molar-refractivity contribution in [1.82, 2.24) is 24.6 Å². The minimum Gasteiger partial charge on any atom is -0.313 e. The van der Waals surface area contributed by atoms with Crippen molar-refractivity contribution in [2.75, 3.05) is 0 Å². The van der Waals surface area contributed by atoms with Gasteiger partial charge in [0.15, 0.2) is 5.65 Å². The van der Waals surface area contributed by atoms with E-state index in [2.05, 4.69) is 44.3 Å². The van der Waals surface area contributed by atoms with Crippen LogP contribution >= 0.6 is 0 Å². The minimum atomic E-state index is -0.528. The molecular formula is C22H19N5O2. The van der Waals surface area contributed by atoms with Crippen LogP contribution in [-0.4, -0.2) is 24.6 Å². The molecule has 0 saturated heterocycles. The van der Waals surface area contributed by atoms with Crippen LogP contribution in [0.5, 0.6) is 0 Å². The number of aromatic nitrogens is 5. The van der Waals surface area contributed by atoms with Gasteiger partial charge in [-0.05, 0) is 54.2 Å². The molecule has 6 rings (SSSR count). The van der Waals surface area contributed by atoms with Crippen molar-refractivity contribution in [3.8, 4) is 11.3 Å². The Morgan fingerprint density at radius 2 is 1.83 bits per heavy atom. The van der Waals surface area contributed by atoms with E-state index in [0.717, 1.165) is 23.5 Å². The summed E-state index contributed by atoms with van der Waals surface area (Å²) >= 11 is 0. The van der Waals surface area contributed by atoms with Crippen LogP contribution in [0.1, 0.15) is 53.7 Å². The van der Waals surface area contributed by atoms with Gasteiger partial charge in [0.05, 0.1) is 11.3 Å². The Hall–Kier alpha value is -3.48. The van der Waals surface area contributed by atoms with Gasteiger partial charge in [-0.2, -0.15) is 5.10 Å². The van der Waals surface area contributed by atoms with E-state index in [1.54, 1.807) is 16.9 Å². The molecule has 2 atom stereocenters. The van der Waals surface area contributed by atoms with Crippen LogP contribution < -0.4 is 11.2 Å². The molecule has 3 aromatic heterocycles.